The van der Waals surface area contributed by atoms with E-state index in [1.54, 1.807) is 6.07 Å². The van der Waals surface area contributed by atoms with Gasteiger partial charge in [-0.1, -0.05) is 12.1 Å². The number of nitrogens with one attached hydrogen (secondary N) is 1. The Morgan fingerprint density at radius 2 is 2.10 bits per heavy atom. The summed E-state index contributed by atoms with van der Waals surface area (Å²) in [7, 11) is 0. The lowest BCUT2D eigenvalue weighted by molar-refractivity contribution is -0.132. The molecule has 3 nitrogen and oxygen atoms in total. The Hall–Kier alpha value is -1.16. The van der Waals surface area contributed by atoms with Gasteiger partial charge in [0.1, 0.15) is 5.75 Å². The van der Waals surface area contributed by atoms with Gasteiger partial charge in [-0.2, -0.15) is 11.8 Å². The zero-order valence-corrected chi connectivity index (χ0v) is 12.2. The number of rotatable bonds is 2. The number of hydrogen-bond acceptors (Lipinski definition) is 3. The number of amides is 1. The minimum atomic E-state index is 0.165. The van der Waals surface area contributed by atoms with Crippen LogP contribution in [0, 0.1) is 11.3 Å². The van der Waals surface area contributed by atoms with Crippen molar-refractivity contribution in [3.05, 3.63) is 29.3 Å². The number of phenols is 1. The molecule has 1 aromatic rings. The summed E-state index contributed by atoms with van der Waals surface area (Å²) < 4.78 is 0. The van der Waals surface area contributed by atoms with Crippen LogP contribution in [-0.4, -0.2) is 28.6 Å². The van der Waals surface area contributed by atoms with E-state index in [0.29, 0.717) is 11.2 Å². The summed E-state index contributed by atoms with van der Waals surface area (Å²) in [5.41, 5.74) is 2.71. The van der Waals surface area contributed by atoms with Crippen molar-refractivity contribution < 1.29 is 9.90 Å². The summed E-state index contributed by atoms with van der Waals surface area (Å²) in [4.78, 5) is 12.3. The predicted octanol–water partition coefficient (Wildman–Crippen LogP) is 2.12. The fourth-order valence-electron chi connectivity index (χ4n) is 3.85. The number of aromatic hydroxyl groups is 1. The average molecular weight is 289 g/mol. The van der Waals surface area contributed by atoms with Crippen LogP contribution in [0.15, 0.2) is 18.2 Å². The van der Waals surface area contributed by atoms with Crippen molar-refractivity contribution in [1.82, 2.24) is 5.32 Å². The number of hydrogen-bond donors (Lipinski definition) is 2. The molecular formula is C16H19NO2S. The largest absolute Gasteiger partial charge is 0.508 e. The molecule has 1 unspecified atom stereocenters. The number of benzene rings is 1. The molecule has 0 aromatic heterocycles. The van der Waals surface area contributed by atoms with Gasteiger partial charge < -0.3 is 10.4 Å². The van der Waals surface area contributed by atoms with E-state index < -0.39 is 0 Å². The second-order valence-electron chi connectivity index (χ2n) is 6.63. The molecule has 0 bridgehead atoms. The highest BCUT2D eigenvalue weighted by Gasteiger charge is 2.51. The average Bonchev–Trinajstić information content (AvgIpc) is 2.69. The molecule has 1 atom stereocenters. The van der Waals surface area contributed by atoms with Crippen molar-refractivity contribution in [2.24, 2.45) is 11.3 Å². The van der Waals surface area contributed by atoms with Crippen LogP contribution < -0.4 is 5.32 Å². The fraction of sp³-hybridized carbons (Fsp3) is 0.562. The van der Waals surface area contributed by atoms with Gasteiger partial charge in [0, 0.05) is 12.0 Å². The van der Waals surface area contributed by atoms with Crippen LogP contribution in [0.25, 0.3) is 0 Å². The van der Waals surface area contributed by atoms with Crippen molar-refractivity contribution in [2.75, 3.05) is 11.5 Å². The highest BCUT2D eigenvalue weighted by Crippen LogP contribution is 2.55. The van der Waals surface area contributed by atoms with Crippen molar-refractivity contribution in [3.8, 4) is 5.75 Å². The number of phenolic OH excluding ortho intramolecular Hbond substituents is 1. The molecule has 4 heteroatoms. The third-order valence-corrected chi connectivity index (χ3v) is 6.69. The lowest BCUT2D eigenvalue weighted by Crippen LogP contribution is -2.53. The first kappa shape index (κ1) is 12.6. The summed E-state index contributed by atoms with van der Waals surface area (Å²) in [6.45, 7) is 0. The third-order valence-electron chi connectivity index (χ3n) is 5.06. The standard InChI is InChI=1S/C16H19NO2S/c18-14-3-1-2-10-4-12(5-13(10)14)17-15(19)11-6-16(7-11)8-20-9-16/h1-3,11-12,18H,4-9H2,(H,17,19). The van der Waals surface area contributed by atoms with E-state index in [-0.39, 0.29) is 17.9 Å². The Bertz CT molecular complexity index is 560. The van der Waals surface area contributed by atoms with Crippen molar-refractivity contribution in [3.63, 3.8) is 0 Å². The molecule has 1 aromatic carbocycles. The Kier molecular flexibility index (Phi) is 2.78. The zero-order chi connectivity index (χ0) is 13.7. The first-order valence-corrected chi connectivity index (χ1v) is 8.49. The van der Waals surface area contributed by atoms with E-state index in [4.69, 9.17) is 0 Å². The van der Waals surface area contributed by atoms with Gasteiger partial charge in [0.2, 0.25) is 5.91 Å². The maximum Gasteiger partial charge on any atom is 0.223 e. The van der Waals surface area contributed by atoms with Gasteiger partial charge in [-0.15, -0.1) is 0 Å². The molecule has 106 valence electrons. The smallest absolute Gasteiger partial charge is 0.223 e. The third kappa shape index (κ3) is 1.93. The highest BCUT2D eigenvalue weighted by molar-refractivity contribution is 8.00. The monoisotopic (exact) mass is 289 g/mol. The minimum Gasteiger partial charge on any atom is -0.508 e. The van der Waals surface area contributed by atoms with Crippen LogP contribution in [0.2, 0.25) is 0 Å². The molecule has 2 aliphatic carbocycles. The second kappa shape index (κ2) is 4.42. The first-order valence-electron chi connectivity index (χ1n) is 7.33. The summed E-state index contributed by atoms with van der Waals surface area (Å²) in [6, 6.07) is 5.82. The van der Waals surface area contributed by atoms with Gasteiger partial charge in [-0.3, -0.25) is 4.79 Å². The molecule has 1 saturated carbocycles. The summed E-state index contributed by atoms with van der Waals surface area (Å²) in [6.07, 6.45) is 3.78. The molecular weight excluding hydrogens is 270 g/mol. The van der Waals surface area contributed by atoms with Crippen LogP contribution in [0.4, 0.5) is 0 Å². The Morgan fingerprint density at radius 1 is 1.30 bits per heavy atom. The number of carbonyl (C=O) groups excluding carboxylic acids is 1. The van der Waals surface area contributed by atoms with Crippen LogP contribution in [0.1, 0.15) is 24.0 Å². The van der Waals surface area contributed by atoms with E-state index in [1.165, 1.54) is 17.1 Å². The van der Waals surface area contributed by atoms with E-state index in [1.807, 2.05) is 23.9 Å². The fourth-order valence-corrected chi connectivity index (χ4v) is 5.10. The topological polar surface area (TPSA) is 49.3 Å². The normalized spacial score (nSPS) is 26.7. The summed E-state index contributed by atoms with van der Waals surface area (Å²) in [5, 5.41) is 13.0. The van der Waals surface area contributed by atoms with Crippen LogP contribution in [-0.2, 0) is 17.6 Å². The van der Waals surface area contributed by atoms with Crippen LogP contribution in [0.3, 0.4) is 0 Å². The zero-order valence-electron chi connectivity index (χ0n) is 11.4. The number of thioether (sulfide) groups is 1. The Morgan fingerprint density at radius 3 is 2.75 bits per heavy atom. The lowest BCUT2D eigenvalue weighted by Gasteiger charge is -2.52. The van der Waals surface area contributed by atoms with E-state index in [9.17, 15) is 9.90 Å². The second-order valence-corrected chi connectivity index (χ2v) is 7.61. The van der Waals surface area contributed by atoms with Gasteiger partial charge in [-0.25, -0.2) is 0 Å². The predicted molar refractivity (Wildman–Crippen MR) is 79.9 cm³/mol. The number of carbonyl (C=O) groups is 1. The minimum absolute atomic E-state index is 0.165. The first-order chi connectivity index (χ1) is 9.65. The molecule has 3 aliphatic rings. The summed E-state index contributed by atoms with van der Waals surface area (Å²) in [5.74, 6) is 3.32. The lowest BCUT2D eigenvalue weighted by atomic mass is 9.63. The molecule has 4 rings (SSSR count). The number of fused-ring (bicyclic) bond motifs is 1. The van der Waals surface area contributed by atoms with Gasteiger partial charge in [0.25, 0.3) is 0 Å². The molecule has 1 amide bonds. The maximum absolute atomic E-state index is 12.3. The molecule has 1 aliphatic heterocycles. The van der Waals surface area contributed by atoms with Gasteiger partial charge in [0.05, 0.1) is 0 Å². The molecule has 2 N–H and O–H groups in total. The highest BCUT2D eigenvalue weighted by atomic mass is 32.2. The van der Waals surface area contributed by atoms with Crippen molar-refractivity contribution in [1.29, 1.82) is 0 Å². The Balaban J connectivity index is 1.35. The molecule has 0 radical (unpaired) electrons. The van der Waals surface area contributed by atoms with E-state index in [0.717, 1.165) is 31.2 Å². The maximum atomic E-state index is 12.3. The Labute approximate surface area is 123 Å². The molecule has 1 heterocycles. The quantitative estimate of drug-likeness (QED) is 0.877. The molecule has 1 spiro atoms. The van der Waals surface area contributed by atoms with Gasteiger partial charge in [-0.05, 0) is 59.8 Å². The van der Waals surface area contributed by atoms with Gasteiger partial charge >= 0.3 is 0 Å². The molecule has 1 saturated heterocycles. The van der Waals surface area contributed by atoms with E-state index >= 15 is 0 Å². The van der Waals surface area contributed by atoms with Gasteiger partial charge in [0.15, 0.2) is 0 Å². The van der Waals surface area contributed by atoms with Crippen LogP contribution in [0.5, 0.6) is 5.75 Å². The van der Waals surface area contributed by atoms with E-state index in [2.05, 4.69) is 5.32 Å². The molecule has 20 heavy (non-hydrogen) atoms. The van der Waals surface area contributed by atoms with Crippen LogP contribution >= 0.6 is 11.8 Å². The van der Waals surface area contributed by atoms with Crippen molar-refractivity contribution >= 4 is 17.7 Å². The SMILES string of the molecule is O=C(NC1Cc2cccc(O)c2C1)C1CC2(CSC2)C1. The van der Waals surface area contributed by atoms with Crippen molar-refractivity contribution in [2.45, 2.75) is 31.7 Å². The molecule has 2 fully saturated rings. The summed E-state index contributed by atoms with van der Waals surface area (Å²) >= 11 is 2.00.